The molecule has 0 fully saturated rings. The molecule has 0 aromatic rings. The third-order valence-electron chi connectivity index (χ3n) is 0. The molecule has 0 aliphatic carbocycles. The normalized spacial score (nSPS) is 3.43. The van der Waals surface area contributed by atoms with E-state index in [-0.39, 0.29) is 94.1 Å². The number of hydrogen-bond acceptors (Lipinski definition) is 2. The Kier molecular flexibility index (Phi) is 51.4. The molecule has 0 amide bonds. The van der Waals surface area contributed by atoms with Crippen LogP contribution in [0.4, 0.5) is 0 Å². The van der Waals surface area contributed by atoms with Gasteiger partial charge in [0, 0.05) is 81.7 Å². The predicted octanol–water partition coefficient (Wildman–Crippen LogP) is 0.0741. The maximum absolute atomic E-state index is 8.36. The SMILES string of the molecule is Cl.O=[N+]([O-])O.[Nd].[Nd]. The molecule has 0 aliphatic heterocycles. The Labute approximate surface area is 112 Å². The van der Waals surface area contributed by atoms with E-state index in [0.29, 0.717) is 0 Å². The van der Waals surface area contributed by atoms with Gasteiger partial charge in [-0.15, -0.1) is 22.5 Å². The van der Waals surface area contributed by atoms with E-state index in [1.165, 1.54) is 0 Å². The van der Waals surface area contributed by atoms with Gasteiger partial charge in [0.15, 0.2) is 0 Å². The largest absolute Gasteiger partial charge is 0.328 e. The van der Waals surface area contributed by atoms with Crippen molar-refractivity contribution in [2.75, 3.05) is 0 Å². The Morgan fingerprint density at radius 1 is 1.43 bits per heavy atom. The van der Waals surface area contributed by atoms with Crippen LogP contribution < -0.4 is 0 Å². The van der Waals surface area contributed by atoms with Gasteiger partial charge in [-0.2, -0.15) is 0 Å². The van der Waals surface area contributed by atoms with Gasteiger partial charge in [-0.3, -0.25) is 0 Å². The Bertz CT molecular complexity index is 35.9. The summed E-state index contributed by atoms with van der Waals surface area (Å²) >= 11 is 0. The van der Waals surface area contributed by atoms with E-state index in [0.717, 1.165) is 0 Å². The maximum Gasteiger partial charge on any atom is 0.291 e. The minimum atomic E-state index is -1.50. The molecule has 0 rings (SSSR count). The Hall–Kier alpha value is 2.19. The van der Waals surface area contributed by atoms with Gasteiger partial charge in [-0.05, 0) is 0 Å². The fourth-order valence-electron chi connectivity index (χ4n) is 0. The molecular weight excluding hydrogens is 386 g/mol. The molecule has 0 aromatic carbocycles. The fraction of sp³-hybridized carbons (Fsp3) is 0. The molecule has 7 heavy (non-hydrogen) atoms. The summed E-state index contributed by atoms with van der Waals surface area (Å²) in [6.07, 6.45) is 0. The quantitative estimate of drug-likeness (QED) is 0.472. The summed E-state index contributed by atoms with van der Waals surface area (Å²) in [4.78, 5) is 8.36. The van der Waals surface area contributed by atoms with Crippen LogP contribution in [0.25, 0.3) is 0 Å². The molecular formula is H2ClNNd2O3. The molecule has 0 spiro atoms. The van der Waals surface area contributed by atoms with E-state index >= 15 is 0 Å². The van der Waals surface area contributed by atoms with Crippen molar-refractivity contribution in [2.24, 2.45) is 0 Å². The van der Waals surface area contributed by atoms with Crippen molar-refractivity contribution >= 4 is 12.4 Å². The molecule has 0 aromatic heterocycles. The first kappa shape index (κ1) is 22.9. The maximum atomic E-state index is 8.36. The van der Waals surface area contributed by atoms with E-state index in [4.69, 9.17) is 15.3 Å². The molecule has 0 radical (unpaired) electrons. The molecule has 1 N–H and O–H groups in total. The number of rotatable bonds is 0. The average molecular weight is 388 g/mol. The smallest absolute Gasteiger partial charge is 0.291 e. The minimum Gasteiger partial charge on any atom is -0.328 e. The minimum absolute atomic E-state index is 0. The van der Waals surface area contributed by atoms with E-state index in [1.807, 2.05) is 0 Å². The van der Waals surface area contributed by atoms with Gasteiger partial charge >= 0.3 is 0 Å². The second-order valence-electron chi connectivity index (χ2n) is 0.238. The van der Waals surface area contributed by atoms with Crippen LogP contribution in [0.5, 0.6) is 0 Å². The fourth-order valence-corrected chi connectivity index (χ4v) is 0. The van der Waals surface area contributed by atoms with Crippen LogP contribution in [0, 0.1) is 91.8 Å². The molecule has 0 aliphatic rings. The van der Waals surface area contributed by atoms with Gasteiger partial charge in [0.1, 0.15) is 0 Å². The Balaban J connectivity index is -0.0000000150. The molecule has 0 atom stereocenters. The third-order valence-corrected chi connectivity index (χ3v) is 0. The van der Waals surface area contributed by atoms with Gasteiger partial charge in [0.2, 0.25) is 0 Å². The zero-order chi connectivity index (χ0) is 3.58. The van der Waals surface area contributed by atoms with Crippen molar-refractivity contribution in [3.63, 3.8) is 0 Å². The van der Waals surface area contributed by atoms with Crippen LogP contribution in [-0.4, -0.2) is 10.3 Å². The van der Waals surface area contributed by atoms with E-state index in [2.05, 4.69) is 0 Å². The molecule has 0 saturated heterocycles. The summed E-state index contributed by atoms with van der Waals surface area (Å²) in [5, 5.41) is 13.6. The van der Waals surface area contributed by atoms with Crippen LogP contribution in [0.15, 0.2) is 0 Å². The van der Waals surface area contributed by atoms with Gasteiger partial charge in [-0.25, -0.2) is 0 Å². The first-order valence-corrected chi connectivity index (χ1v) is 0.565. The van der Waals surface area contributed by atoms with E-state index < -0.39 is 5.09 Å². The van der Waals surface area contributed by atoms with Crippen molar-refractivity contribution in [1.29, 1.82) is 0 Å². The molecule has 40 valence electrons. The molecule has 0 bridgehead atoms. The number of hydrogen-bond donors (Lipinski definition) is 1. The van der Waals surface area contributed by atoms with Crippen LogP contribution in [0.1, 0.15) is 0 Å². The third kappa shape index (κ3) is 65.4. The molecule has 0 heterocycles. The van der Waals surface area contributed by atoms with Crippen LogP contribution in [0.3, 0.4) is 0 Å². The van der Waals surface area contributed by atoms with Gasteiger partial charge in [-0.1, -0.05) is 0 Å². The summed E-state index contributed by atoms with van der Waals surface area (Å²) in [6.45, 7) is 0. The second kappa shape index (κ2) is 15.7. The molecule has 7 heteroatoms. The van der Waals surface area contributed by atoms with Crippen molar-refractivity contribution in [2.45, 2.75) is 0 Å². The van der Waals surface area contributed by atoms with Gasteiger partial charge < -0.3 is 5.21 Å². The van der Waals surface area contributed by atoms with Crippen molar-refractivity contribution in [3.05, 3.63) is 10.1 Å². The summed E-state index contributed by atoms with van der Waals surface area (Å²) in [6, 6.07) is 0. The Morgan fingerprint density at radius 3 is 1.43 bits per heavy atom. The van der Waals surface area contributed by atoms with Crippen molar-refractivity contribution < 1.29 is 92.0 Å². The van der Waals surface area contributed by atoms with Crippen LogP contribution in [0.2, 0.25) is 0 Å². The predicted molar refractivity (Wildman–Crippen MR) is 16.0 cm³/mol. The standard InChI is InChI=1S/ClH.HNO3.2Nd/c;2-1(3)4;;/h1H;(H,2,3,4);;. The topological polar surface area (TPSA) is 63.4 Å². The number of halogens is 1. The summed E-state index contributed by atoms with van der Waals surface area (Å²) in [5.41, 5.74) is 0. The monoisotopic (exact) mass is 383 g/mol. The van der Waals surface area contributed by atoms with Gasteiger partial charge in [0.05, 0.1) is 0 Å². The van der Waals surface area contributed by atoms with Crippen molar-refractivity contribution in [3.8, 4) is 0 Å². The van der Waals surface area contributed by atoms with E-state index in [9.17, 15) is 0 Å². The van der Waals surface area contributed by atoms with Crippen LogP contribution in [-0.2, 0) is 0 Å². The van der Waals surface area contributed by atoms with Gasteiger partial charge in [0.25, 0.3) is 5.09 Å². The summed E-state index contributed by atoms with van der Waals surface area (Å²) in [5.74, 6) is 0. The first-order valence-electron chi connectivity index (χ1n) is 0.565. The summed E-state index contributed by atoms with van der Waals surface area (Å²) in [7, 11) is 0. The summed E-state index contributed by atoms with van der Waals surface area (Å²) < 4.78 is 0. The number of nitrogens with zero attached hydrogens (tertiary/aromatic N) is 1. The molecule has 0 unspecified atom stereocenters. The second-order valence-corrected chi connectivity index (χ2v) is 0.238. The zero-order valence-corrected chi connectivity index (χ0v) is 10.4. The average Bonchev–Trinajstić information content (AvgIpc) is 0.811. The van der Waals surface area contributed by atoms with Crippen LogP contribution >= 0.6 is 12.4 Å². The molecule has 4 nitrogen and oxygen atoms in total. The molecule has 0 saturated carbocycles. The van der Waals surface area contributed by atoms with E-state index in [1.54, 1.807) is 0 Å². The van der Waals surface area contributed by atoms with Crippen molar-refractivity contribution in [1.82, 2.24) is 0 Å². The Morgan fingerprint density at radius 2 is 1.43 bits per heavy atom. The first-order chi connectivity index (χ1) is 1.73. The zero-order valence-electron chi connectivity index (χ0n) is 3.12.